The summed E-state index contributed by atoms with van der Waals surface area (Å²) in [7, 11) is 4.89. The highest BCUT2D eigenvalue weighted by Crippen LogP contribution is 2.30. The summed E-state index contributed by atoms with van der Waals surface area (Å²) >= 11 is 0. The van der Waals surface area contributed by atoms with Gasteiger partial charge in [-0.2, -0.15) is 0 Å². The molecule has 1 aliphatic rings. The van der Waals surface area contributed by atoms with Crippen molar-refractivity contribution in [3.63, 3.8) is 0 Å². The summed E-state index contributed by atoms with van der Waals surface area (Å²) in [6.45, 7) is 0.386. The third-order valence-electron chi connectivity index (χ3n) is 3.09. The van der Waals surface area contributed by atoms with Gasteiger partial charge in [-0.15, -0.1) is 0 Å². The van der Waals surface area contributed by atoms with Crippen LogP contribution in [0.4, 0.5) is 5.69 Å². The zero-order valence-corrected chi connectivity index (χ0v) is 12.9. The van der Waals surface area contributed by atoms with E-state index in [-0.39, 0.29) is 10.5 Å². The van der Waals surface area contributed by atoms with Gasteiger partial charge in [-0.3, -0.25) is 0 Å². The van der Waals surface area contributed by atoms with Gasteiger partial charge in [-0.1, -0.05) is 0 Å². The fourth-order valence-corrected chi connectivity index (χ4v) is 2.91. The lowest BCUT2D eigenvalue weighted by Crippen LogP contribution is -2.14. The Bertz CT molecular complexity index is 623. The molecule has 0 atom stereocenters. The maximum atomic E-state index is 11.9. The molecule has 0 amide bonds. The number of carbonyl (C=O) groups excluding carboxylic acids is 1. The van der Waals surface area contributed by atoms with Gasteiger partial charge < -0.3 is 9.64 Å². The van der Waals surface area contributed by atoms with E-state index in [1.165, 1.54) is 12.1 Å². The lowest BCUT2D eigenvalue weighted by atomic mass is 10.2. The normalized spacial score (nSPS) is 14.9. The summed E-state index contributed by atoms with van der Waals surface area (Å²) in [6.07, 6.45) is 2.16. The van der Waals surface area contributed by atoms with E-state index in [9.17, 15) is 13.2 Å². The van der Waals surface area contributed by atoms with Crippen LogP contribution >= 0.6 is 10.7 Å². The Morgan fingerprint density at radius 1 is 1.40 bits per heavy atom. The average Bonchev–Trinajstić information content (AvgIpc) is 3.18. The highest BCUT2D eigenvalue weighted by Gasteiger charge is 2.24. The van der Waals surface area contributed by atoms with Crippen LogP contribution in [0, 0.1) is 5.92 Å². The first kappa shape index (κ1) is 15.1. The zero-order chi connectivity index (χ0) is 14.9. The number of halogens is 1. The van der Waals surface area contributed by atoms with Gasteiger partial charge in [-0.25, -0.2) is 13.2 Å². The van der Waals surface area contributed by atoms with Crippen molar-refractivity contribution >= 4 is 31.4 Å². The van der Waals surface area contributed by atoms with E-state index in [1.807, 2.05) is 0 Å². The maximum Gasteiger partial charge on any atom is 0.338 e. The Kier molecular flexibility index (Phi) is 4.25. The molecule has 1 aromatic rings. The SMILES string of the molecule is CN(C)c1ccc(C(=O)OCC2CC2)cc1S(=O)(=O)Cl. The van der Waals surface area contributed by atoms with Crippen LogP contribution in [0.25, 0.3) is 0 Å². The molecule has 0 unspecified atom stereocenters. The molecule has 1 fully saturated rings. The fourth-order valence-electron chi connectivity index (χ4n) is 1.77. The second kappa shape index (κ2) is 5.61. The summed E-state index contributed by atoms with van der Waals surface area (Å²) in [5, 5.41) is 0. The maximum absolute atomic E-state index is 11.9. The Balaban J connectivity index is 2.28. The molecule has 1 saturated carbocycles. The van der Waals surface area contributed by atoms with Crippen LogP contribution in [0.5, 0.6) is 0 Å². The summed E-state index contributed by atoms with van der Waals surface area (Å²) < 4.78 is 28.3. The minimum atomic E-state index is -3.93. The summed E-state index contributed by atoms with van der Waals surface area (Å²) in [5.74, 6) is -0.0694. The molecular formula is C13H16ClNO4S. The van der Waals surface area contributed by atoms with Crippen molar-refractivity contribution in [3.05, 3.63) is 23.8 Å². The second-order valence-corrected chi connectivity index (χ2v) is 7.59. The third kappa shape index (κ3) is 3.64. The van der Waals surface area contributed by atoms with Crippen molar-refractivity contribution in [1.82, 2.24) is 0 Å². The van der Waals surface area contributed by atoms with Crippen molar-refractivity contribution in [2.24, 2.45) is 5.92 Å². The summed E-state index contributed by atoms with van der Waals surface area (Å²) in [5.41, 5.74) is 0.620. The van der Waals surface area contributed by atoms with Crippen LogP contribution in [0.1, 0.15) is 23.2 Å². The van der Waals surface area contributed by atoms with Crippen LogP contribution in [0.2, 0.25) is 0 Å². The number of ether oxygens (including phenoxy) is 1. The number of rotatable bonds is 5. The van der Waals surface area contributed by atoms with Crippen LogP contribution in [-0.4, -0.2) is 35.1 Å². The Morgan fingerprint density at radius 3 is 2.55 bits per heavy atom. The minimum absolute atomic E-state index is 0.0926. The van der Waals surface area contributed by atoms with Crippen molar-refractivity contribution < 1.29 is 17.9 Å². The molecule has 1 aliphatic carbocycles. The molecular weight excluding hydrogens is 302 g/mol. The highest BCUT2D eigenvalue weighted by molar-refractivity contribution is 8.13. The average molecular weight is 318 g/mol. The van der Waals surface area contributed by atoms with Crippen molar-refractivity contribution in [1.29, 1.82) is 0 Å². The molecule has 2 rings (SSSR count). The van der Waals surface area contributed by atoms with Crippen molar-refractivity contribution in [2.75, 3.05) is 25.6 Å². The van der Waals surface area contributed by atoms with Gasteiger partial charge in [0, 0.05) is 24.8 Å². The molecule has 110 valence electrons. The van der Waals surface area contributed by atoms with Crippen LogP contribution < -0.4 is 4.90 Å². The van der Waals surface area contributed by atoms with Crippen molar-refractivity contribution in [2.45, 2.75) is 17.7 Å². The number of hydrogen-bond donors (Lipinski definition) is 0. The number of carbonyl (C=O) groups is 1. The molecule has 1 aromatic carbocycles. The van der Waals surface area contributed by atoms with E-state index in [0.717, 1.165) is 12.8 Å². The first-order chi connectivity index (χ1) is 9.29. The van der Waals surface area contributed by atoms with Gasteiger partial charge in [0.05, 0.1) is 17.9 Å². The second-order valence-electron chi connectivity index (χ2n) is 5.06. The Morgan fingerprint density at radius 2 is 2.05 bits per heavy atom. The standard InChI is InChI=1S/C13H16ClNO4S/c1-15(2)11-6-5-10(7-12(11)20(14,17)18)13(16)19-8-9-3-4-9/h5-7,9H,3-4,8H2,1-2H3. The van der Waals surface area contributed by atoms with Gasteiger partial charge in [-0.05, 0) is 37.0 Å². The van der Waals surface area contributed by atoms with E-state index in [2.05, 4.69) is 0 Å². The van der Waals surface area contributed by atoms with E-state index in [4.69, 9.17) is 15.4 Å². The van der Waals surface area contributed by atoms with Crippen LogP contribution in [0.15, 0.2) is 23.1 Å². The molecule has 0 heterocycles. The summed E-state index contributed by atoms with van der Waals surface area (Å²) in [6, 6.07) is 4.34. The smallest absolute Gasteiger partial charge is 0.338 e. The molecule has 0 N–H and O–H groups in total. The molecule has 20 heavy (non-hydrogen) atoms. The third-order valence-corrected chi connectivity index (χ3v) is 4.44. The van der Waals surface area contributed by atoms with E-state index >= 15 is 0 Å². The number of nitrogens with zero attached hydrogens (tertiary/aromatic N) is 1. The number of hydrogen-bond acceptors (Lipinski definition) is 5. The minimum Gasteiger partial charge on any atom is -0.462 e. The highest BCUT2D eigenvalue weighted by atomic mass is 35.7. The number of benzene rings is 1. The topological polar surface area (TPSA) is 63.7 Å². The summed E-state index contributed by atoms with van der Waals surface area (Å²) in [4.78, 5) is 13.4. The molecule has 0 bridgehead atoms. The van der Waals surface area contributed by atoms with E-state index in [1.54, 1.807) is 25.1 Å². The predicted octanol–water partition coefficient (Wildman–Crippen LogP) is 2.25. The van der Waals surface area contributed by atoms with Gasteiger partial charge in [0.15, 0.2) is 0 Å². The number of anilines is 1. The van der Waals surface area contributed by atoms with Gasteiger partial charge in [0.25, 0.3) is 9.05 Å². The van der Waals surface area contributed by atoms with E-state index in [0.29, 0.717) is 18.2 Å². The molecule has 0 aliphatic heterocycles. The van der Waals surface area contributed by atoms with Crippen LogP contribution in [-0.2, 0) is 13.8 Å². The quantitative estimate of drug-likeness (QED) is 0.615. The molecule has 0 spiro atoms. The van der Waals surface area contributed by atoms with E-state index < -0.39 is 15.0 Å². The number of esters is 1. The lowest BCUT2D eigenvalue weighted by Gasteiger charge is -2.16. The largest absolute Gasteiger partial charge is 0.462 e. The molecule has 5 nitrogen and oxygen atoms in total. The van der Waals surface area contributed by atoms with Gasteiger partial charge >= 0.3 is 5.97 Å². The first-order valence-corrected chi connectivity index (χ1v) is 8.53. The fraction of sp³-hybridized carbons (Fsp3) is 0.462. The molecule has 0 saturated heterocycles. The van der Waals surface area contributed by atoms with Crippen LogP contribution in [0.3, 0.4) is 0 Å². The lowest BCUT2D eigenvalue weighted by molar-refractivity contribution is 0.0486. The van der Waals surface area contributed by atoms with Crippen molar-refractivity contribution in [3.8, 4) is 0 Å². The first-order valence-electron chi connectivity index (χ1n) is 6.22. The zero-order valence-electron chi connectivity index (χ0n) is 11.3. The predicted molar refractivity (Wildman–Crippen MR) is 76.8 cm³/mol. The van der Waals surface area contributed by atoms with Gasteiger partial charge in [0.1, 0.15) is 4.90 Å². The molecule has 7 heteroatoms. The Labute approximate surface area is 122 Å². The monoisotopic (exact) mass is 317 g/mol. The van der Waals surface area contributed by atoms with Gasteiger partial charge in [0.2, 0.25) is 0 Å². The molecule has 0 aromatic heterocycles. The Hall–Kier alpha value is -1.27. The molecule has 0 radical (unpaired) electrons.